The molecule has 2 rings (SSSR count). The Labute approximate surface area is 164 Å². The summed E-state index contributed by atoms with van der Waals surface area (Å²) in [5, 5.41) is 15.1. The number of rotatable bonds is 7. The Morgan fingerprint density at radius 3 is 2.32 bits per heavy atom. The van der Waals surface area contributed by atoms with E-state index in [2.05, 4.69) is 15.4 Å². The Morgan fingerprint density at radius 1 is 1.11 bits per heavy atom. The lowest BCUT2D eigenvalue weighted by atomic mass is 10.0. The molecule has 0 aliphatic rings. The third kappa shape index (κ3) is 4.98. The number of benzene rings is 2. The van der Waals surface area contributed by atoms with Gasteiger partial charge in [0, 0.05) is 17.6 Å². The number of nitriles is 1. The Balaban J connectivity index is 2.21. The van der Waals surface area contributed by atoms with Crippen molar-refractivity contribution in [1.82, 2.24) is 0 Å². The molecule has 0 radical (unpaired) electrons. The summed E-state index contributed by atoms with van der Waals surface area (Å²) in [5.74, 6) is -0.955. The number of carbonyl (C=O) groups excluding carboxylic acids is 2. The van der Waals surface area contributed by atoms with E-state index >= 15 is 0 Å². The third-order valence-corrected chi connectivity index (χ3v) is 4.27. The number of ether oxygens (including phenoxy) is 1. The molecule has 0 spiro atoms. The molecule has 28 heavy (non-hydrogen) atoms. The smallest absolute Gasteiger partial charge is 0.337 e. The number of hydrogen-bond acceptors (Lipinski definition) is 5. The molecular formula is C22H23N3O3. The highest BCUT2D eigenvalue weighted by Gasteiger charge is 2.14. The molecule has 0 saturated heterocycles. The number of esters is 1. The molecule has 144 valence electrons. The van der Waals surface area contributed by atoms with Gasteiger partial charge >= 0.3 is 5.97 Å². The molecular weight excluding hydrogens is 354 g/mol. The van der Waals surface area contributed by atoms with Crippen LogP contribution in [0.2, 0.25) is 0 Å². The zero-order valence-electron chi connectivity index (χ0n) is 16.2. The predicted molar refractivity (Wildman–Crippen MR) is 109 cm³/mol. The van der Waals surface area contributed by atoms with Gasteiger partial charge in [0.15, 0.2) is 0 Å². The minimum Gasteiger partial charge on any atom is -0.465 e. The highest BCUT2D eigenvalue weighted by Crippen LogP contribution is 2.23. The zero-order chi connectivity index (χ0) is 20.5. The van der Waals surface area contributed by atoms with Crippen LogP contribution in [-0.4, -0.2) is 19.0 Å². The van der Waals surface area contributed by atoms with E-state index in [1.165, 1.54) is 13.3 Å². The van der Waals surface area contributed by atoms with Crippen LogP contribution >= 0.6 is 0 Å². The summed E-state index contributed by atoms with van der Waals surface area (Å²) in [6.45, 7) is 4.03. The second-order valence-corrected chi connectivity index (χ2v) is 6.00. The normalized spacial score (nSPS) is 10.7. The van der Waals surface area contributed by atoms with Crippen molar-refractivity contribution in [2.45, 2.75) is 26.7 Å². The first kappa shape index (κ1) is 20.7. The van der Waals surface area contributed by atoms with Gasteiger partial charge in [-0.3, -0.25) is 4.79 Å². The van der Waals surface area contributed by atoms with Gasteiger partial charge in [-0.2, -0.15) is 5.26 Å². The molecule has 0 atom stereocenters. The zero-order valence-corrected chi connectivity index (χ0v) is 16.2. The molecule has 0 bridgehead atoms. The standard InChI is InChI=1S/C22H23N3O3/c1-4-15-8-6-9-16(5-2)20(15)25-21(26)18(13-23)14-24-19-11-7-10-17(12-19)22(27)28-3/h6-12,14,24H,4-5H2,1-3H3,(H,25,26)/b18-14-. The topological polar surface area (TPSA) is 91.2 Å². The van der Waals surface area contributed by atoms with Gasteiger partial charge in [0.05, 0.1) is 12.7 Å². The molecule has 0 aliphatic heterocycles. The lowest BCUT2D eigenvalue weighted by Crippen LogP contribution is -2.17. The van der Waals surface area contributed by atoms with Crippen molar-refractivity contribution in [3.05, 3.63) is 70.9 Å². The molecule has 2 aromatic carbocycles. The van der Waals surface area contributed by atoms with E-state index in [0.717, 1.165) is 29.7 Å². The first-order valence-electron chi connectivity index (χ1n) is 9.01. The monoisotopic (exact) mass is 377 g/mol. The number of para-hydroxylation sites is 1. The van der Waals surface area contributed by atoms with Gasteiger partial charge in [0.25, 0.3) is 5.91 Å². The minimum atomic E-state index is -0.491. The summed E-state index contributed by atoms with van der Waals surface area (Å²) < 4.78 is 4.69. The van der Waals surface area contributed by atoms with E-state index in [9.17, 15) is 14.9 Å². The van der Waals surface area contributed by atoms with Crippen LogP contribution in [0, 0.1) is 11.3 Å². The number of nitrogens with zero attached hydrogens (tertiary/aromatic N) is 1. The van der Waals surface area contributed by atoms with Crippen LogP contribution in [0.25, 0.3) is 0 Å². The van der Waals surface area contributed by atoms with E-state index in [1.807, 2.05) is 38.1 Å². The summed E-state index contributed by atoms with van der Waals surface area (Å²) in [6.07, 6.45) is 2.87. The number of hydrogen-bond donors (Lipinski definition) is 2. The summed E-state index contributed by atoms with van der Waals surface area (Å²) in [4.78, 5) is 24.2. The molecule has 0 unspecified atom stereocenters. The SMILES string of the molecule is CCc1cccc(CC)c1NC(=O)/C(C#N)=C\Nc1cccc(C(=O)OC)c1. The van der Waals surface area contributed by atoms with Crippen molar-refractivity contribution >= 4 is 23.3 Å². The third-order valence-electron chi connectivity index (χ3n) is 4.27. The fourth-order valence-corrected chi connectivity index (χ4v) is 2.74. The predicted octanol–water partition coefficient (Wildman–Crippen LogP) is 4.06. The molecule has 0 aliphatic carbocycles. The van der Waals surface area contributed by atoms with Crippen LogP contribution in [0.4, 0.5) is 11.4 Å². The van der Waals surface area contributed by atoms with Gasteiger partial charge in [-0.05, 0) is 42.2 Å². The number of aryl methyl sites for hydroxylation is 2. The fraction of sp³-hybridized carbons (Fsp3) is 0.227. The average molecular weight is 377 g/mol. The van der Waals surface area contributed by atoms with Crippen LogP contribution in [0.1, 0.15) is 35.3 Å². The van der Waals surface area contributed by atoms with E-state index in [4.69, 9.17) is 0 Å². The maximum Gasteiger partial charge on any atom is 0.337 e. The summed E-state index contributed by atoms with van der Waals surface area (Å²) in [6, 6.07) is 14.4. The van der Waals surface area contributed by atoms with Crippen molar-refractivity contribution in [1.29, 1.82) is 5.26 Å². The molecule has 2 N–H and O–H groups in total. The van der Waals surface area contributed by atoms with Crippen LogP contribution in [0.5, 0.6) is 0 Å². The van der Waals surface area contributed by atoms with Crippen molar-refractivity contribution < 1.29 is 14.3 Å². The quantitative estimate of drug-likeness (QED) is 0.431. The molecule has 0 saturated carbocycles. The first-order valence-corrected chi connectivity index (χ1v) is 9.01. The van der Waals surface area contributed by atoms with Gasteiger partial charge in [-0.1, -0.05) is 38.1 Å². The van der Waals surface area contributed by atoms with E-state index < -0.39 is 11.9 Å². The molecule has 1 amide bonds. The van der Waals surface area contributed by atoms with Gasteiger partial charge in [-0.25, -0.2) is 4.79 Å². The van der Waals surface area contributed by atoms with Crippen LogP contribution in [0.15, 0.2) is 54.2 Å². The van der Waals surface area contributed by atoms with Gasteiger partial charge in [0.2, 0.25) is 0 Å². The minimum absolute atomic E-state index is 0.0727. The Kier molecular flexibility index (Phi) is 7.35. The number of amides is 1. The Bertz CT molecular complexity index is 920. The van der Waals surface area contributed by atoms with Gasteiger partial charge in [-0.15, -0.1) is 0 Å². The number of methoxy groups -OCH3 is 1. The molecule has 6 nitrogen and oxygen atoms in total. The van der Waals surface area contributed by atoms with Crippen molar-refractivity contribution in [2.75, 3.05) is 17.7 Å². The van der Waals surface area contributed by atoms with Crippen LogP contribution < -0.4 is 10.6 Å². The maximum atomic E-state index is 12.6. The van der Waals surface area contributed by atoms with Gasteiger partial charge < -0.3 is 15.4 Å². The number of anilines is 2. The second-order valence-electron chi connectivity index (χ2n) is 6.00. The molecule has 6 heteroatoms. The molecule has 0 fully saturated rings. The van der Waals surface area contributed by atoms with Crippen LogP contribution in [-0.2, 0) is 22.4 Å². The van der Waals surface area contributed by atoms with Crippen molar-refractivity contribution in [3.63, 3.8) is 0 Å². The average Bonchev–Trinajstić information content (AvgIpc) is 2.73. The Hall–Kier alpha value is -3.59. The van der Waals surface area contributed by atoms with E-state index in [1.54, 1.807) is 24.3 Å². The highest BCUT2D eigenvalue weighted by atomic mass is 16.5. The number of nitrogens with one attached hydrogen (secondary N) is 2. The fourth-order valence-electron chi connectivity index (χ4n) is 2.74. The molecule has 0 aromatic heterocycles. The maximum absolute atomic E-state index is 12.6. The lowest BCUT2D eigenvalue weighted by Gasteiger charge is -2.14. The summed E-state index contributed by atoms with van der Waals surface area (Å²) >= 11 is 0. The summed E-state index contributed by atoms with van der Waals surface area (Å²) in [5.41, 5.74) is 3.65. The molecule has 0 heterocycles. The summed E-state index contributed by atoms with van der Waals surface area (Å²) in [7, 11) is 1.30. The van der Waals surface area contributed by atoms with Crippen LogP contribution in [0.3, 0.4) is 0 Å². The first-order chi connectivity index (χ1) is 13.5. The van der Waals surface area contributed by atoms with Crippen molar-refractivity contribution in [2.24, 2.45) is 0 Å². The molecule has 2 aromatic rings. The van der Waals surface area contributed by atoms with E-state index in [0.29, 0.717) is 11.3 Å². The van der Waals surface area contributed by atoms with Gasteiger partial charge in [0.1, 0.15) is 11.6 Å². The number of carbonyl (C=O) groups is 2. The highest BCUT2D eigenvalue weighted by molar-refractivity contribution is 6.07. The largest absolute Gasteiger partial charge is 0.465 e. The second kappa shape index (κ2) is 9.93. The lowest BCUT2D eigenvalue weighted by molar-refractivity contribution is -0.112. The van der Waals surface area contributed by atoms with Crippen molar-refractivity contribution in [3.8, 4) is 6.07 Å². The Morgan fingerprint density at radius 2 is 1.75 bits per heavy atom. The van der Waals surface area contributed by atoms with E-state index in [-0.39, 0.29) is 5.57 Å².